The summed E-state index contributed by atoms with van der Waals surface area (Å²) in [5.74, 6) is 0.898. The third-order valence-electron chi connectivity index (χ3n) is 3.56. The average Bonchev–Trinajstić information content (AvgIpc) is 2.42. The quantitative estimate of drug-likeness (QED) is 0.555. The maximum absolute atomic E-state index is 10.4. The van der Waals surface area contributed by atoms with Gasteiger partial charge in [-0.3, -0.25) is 0 Å². The van der Waals surface area contributed by atoms with E-state index < -0.39 is 0 Å². The van der Waals surface area contributed by atoms with E-state index in [1.54, 1.807) is 0 Å². The van der Waals surface area contributed by atoms with Crippen molar-refractivity contribution in [2.75, 3.05) is 13.2 Å². The number of unbranched alkanes of at least 4 members (excludes halogenated alkanes) is 2. The van der Waals surface area contributed by atoms with Gasteiger partial charge in [-0.2, -0.15) is 0 Å². The van der Waals surface area contributed by atoms with Crippen molar-refractivity contribution in [3.8, 4) is 0 Å². The molecular weight excluding hydrogens is 337 g/mol. The predicted molar refractivity (Wildman–Crippen MR) is 76.3 cm³/mol. The van der Waals surface area contributed by atoms with Gasteiger partial charge in [0, 0.05) is 0 Å². The van der Waals surface area contributed by atoms with Crippen molar-refractivity contribution in [2.45, 2.75) is 79.1 Å². The Hall–Kier alpha value is 0.842. The first-order chi connectivity index (χ1) is 8.69. The van der Waals surface area contributed by atoms with Crippen LogP contribution < -0.4 is 10.2 Å². The zero-order chi connectivity index (χ0) is 14.2. The summed E-state index contributed by atoms with van der Waals surface area (Å²) in [6.07, 6.45) is 9.27. The summed E-state index contributed by atoms with van der Waals surface area (Å²) in [6, 6.07) is 0. The third-order valence-corrected chi connectivity index (χ3v) is 3.56. The number of rotatable bonds is 10. The molecule has 0 amide bonds. The Balaban J connectivity index is -0.000000256. The van der Waals surface area contributed by atoms with Crippen LogP contribution in [0.15, 0.2) is 0 Å². The molecule has 3 heteroatoms. The molecule has 0 saturated carbocycles. The largest absolute Gasteiger partial charge is 2.00 e. The second-order valence-corrected chi connectivity index (χ2v) is 5.17. The van der Waals surface area contributed by atoms with E-state index >= 15 is 0 Å². The van der Waals surface area contributed by atoms with Crippen LogP contribution in [0.25, 0.3) is 0 Å². The van der Waals surface area contributed by atoms with Gasteiger partial charge in [-0.1, -0.05) is 90.9 Å². The summed E-state index contributed by atoms with van der Waals surface area (Å²) in [5.41, 5.74) is 0. The molecule has 2 atom stereocenters. The van der Waals surface area contributed by atoms with Crippen molar-refractivity contribution in [1.29, 1.82) is 0 Å². The second kappa shape index (κ2) is 21.1. The second-order valence-electron chi connectivity index (χ2n) is 5.17. The molecule has 0 aliphatic heterocycles. The van der Waals surface area contributed by atoms with Gasteiger partial charge in [0.2, 0.25) is 0 Å². The fourth-order valence-corrected chi connectivity index (χ4v) is 1.80. The summed E-state index contributed by atoms with van der Waals surface area (Å²) in [6.45, 7) is 8.76. The van der Waals surface area contributed by atoms with Gasteiger partial charge >= 0.3 is 27.3 Å². The molecule has 0 aromatic carbocycles. The Bertz CT molecular complexity index is 119. The van der Waals surface area contributed by atoms with Crippen LogP contribution in [0.4, 0.5) is 0 Å². The van der Waals surface area contributed by atoms with Crippen LogP contribution in [0, 0.1) is 11.8 Å². The van der Waals surface area contributed by atoms with Crippen molar-refractivity contribution in [1.82, 2.24) is 0 Å². The van der Waals surface area contributed by atoms with E-state index in [2.05, 4.69) is 27.7 Å². The van der Waals surface area contributed by atoms with E-state index in [4.69, 9.17) is 0 Å². The maximum atomic E-state index is 10.4. The monoisotopic (exact) mass is 372 g/mol. The van der Waals surface area contributed by atoms with Gasteiger partial charge in [0.05, 0.1) is 0 Å². The van der Waals surface area contributed by atoms with Gasteiger partial charge in [-0.15, -0.1) is 13.2 Å². The summed E-state index contributed by atoms with van der Waals surface area (Å²) in [7, 11) is 0. The molecule has 0 radical (unpaired) electrons. The molecule has 0 heterocycles. The summed E-state index contributed by atoms with van der Waals surface area (Å²) in [5, 5.41) is 20.7. The Morgan fingerprint density at radius 3 is 1.16 bits per heavy atom. The van der Waals surface area contributed by atoms with Gasteiger partial charge in [-0.05, 0) is 0 Å². The summed E-state index contributed by atoms with van der Waals surface area (Å²) in [4.78, 5) is 0. The minimum atomic E-state index is 0. The molecule has 0 N–H and O–H groups in total. The molecule has 0 aromatic rings. The SMILES string of the molecule is CCCCC(CC)C[O-].CCCCC(CC)C[O-].[Cd+2]. The van der Waals surface area contributed by atoms with E-state index in [9.17, 15) is 10.2 Å². The molecule has 2 unspecified atom stereocenters. The topological polar surface area (TPSA) is 46.1 Å². The van der Waals surface area contributed by atoms with E-state index in [0.717, 1.165) is 25.7 Å². The normalized spacial score (nSPS) is 12.9. The molecule has 19 heavy (non-hydrogen) atoms. The Labute approximate surface area is 141 Å². The molecule has 0 rings (SSSR count). The Kier molecular flexibility index (Phi) is 27.6. The maximum Gasteiger partial charge on any atom is 2.00 e. The third kappa shape index (κ3) is 18.8. The van der Waals surface area contributed by atoms with Crippen molar-refractivity contribution in [2.24, 2.45) is 11.8 Å². The van der Waals surface area contributed by atoms with Crippen LogP contribution >= 0.6 is 0 Å². The van der Waals surface area contributed by atoms with Crippen LogP contribution in [0.3, 0.4) is 0 Å². The zero-order valence-corrected chi connectivity index (χ0v) is 17.8. The molecule has 0 fully saturated rings. The zero-order valence-electron chi connectivity index (χ0n) is 13.7. The van der Waals surface area contributed by atoms with Crippen LogP contribution in [0.5, 0.6) is 0 Å². The molecule has 0 aliphatic rings. The van der Waals surface area contributed by atoms with Crippen molar-refractivity contribution in [3.63, 3.8) is 0 Å². The Morgan fingerprint density at radius 2 is 1.00 bits per heavy atom. The van der Waals surface area contributed by atoms with Crippen LogP contribution in [-0.4, -0.2) is 13.2 Å². The molecule has 0 aliphatic carbocycles. The number of hydrogen-bond acceptors (Lipinski definition) is 2. The van der Waals surface area contributed by atoms with Gasteiger partial charge in [0.1, 0.15) is 0 Å². The molecule has 112 valence electrons. The molecular formula is C16H34CdO2. The first kappa shape index (κ1) is 24.8. The first-order valence-corrected chi connectivity index (χ1v) is 7.86. The van der Waals surface area contributed by atoms with E-state index in [-0.39, 0.29) is 40.5 Å². The van der Waals surface area contributed by atoms with Gasteiger partial charge in [0.25, 0.3) is 0 Å². The van der Waals surface area contributed by atoms with Crippen LogP contribution in [0.2, 0.25) is 0 Å². The first-order valence-electron chi connectivity index (χ1n) is 7.86. The van der Waals surface area contributed by atoms with Gasteiger partial charge < -0.3 is 10.2 Å². The fraction of sp³-hybridized carbons (Fsp3) is 1.00. The molecule has 0 saturated heterocycles. The average molecular weight is 371 g/mol. The van der Waals surface area contributed by atoms with Crippen LogP contribution in [0.1, 0.15) is 79.1 Å². The minimum Gasteiger partial charge on any atom is -0.854 e. The number of hydrogen-bond donors (Lipinski definition) is 0. The van der Waals surface area contributed by atoms with Crippen molar-refractivity contribution < 1.29 is 37.5 Å². The molecule has 0 bridgehead atoms. The summed E-state index contributed by atoms with van der Waals surface area (Å²) < 4.78 is 0. The van der Waals surface area contributed by atoms with E-state index in [1.165, 1.54) is 25.7 Å². The predicted octanol–water partition coefficient (Wildman–Crippen LogP) is 3.12. The minimum absolute atomic E-state index is 0. The van der Waals surface area contributed by atoms with E-state index in [1.807, 2.05) is 0 Å². The van der Waals surface area contributed by atoms with Crippen LogP contribution in [-0.2, 0) is 27.3 Å². The Morgan fingerprint density at radius 1 is 0.684 bits per heavy atom. The van der Waals surface area contributed by atoms with Gasteiger partial charge in [-0.25, -0.2) is 0 Å². The fourth-order valence-electron chi connectivity index (χ4n) is 1.80. The van der Waals surface area contributed by atoms with Crippen molar-refractivity contribution >= 4 is 0 Å². The smallest absolute Gasteiger partial charge is 0.854 e. The molecule has 0 aromatic heterocycles. The summed E-state index contributed by atoms with van der Waals surface area (Å²) >= 11 is 0. The molecule has 2 nitrogen and oxygen atoms in total. The molecule has 0 spiro atoms. The van der Waals surface area contributed by atoms with E-state index in [0.29, 0.717) is 11.8 Å². The van der Waals surface area contributed by atoms with Gasteiger partial charge in [0.15, 0.2) is 0 Å². The standard InChI is InChI=1S/2C8H17O.Cd/c2*1-3-5-6-8(4-2)7-9;/h2*8H,3-7H2,1-2H3;/q2*-1;+2. The van der Waals surface area contributed by atoms with Crippen molar-refractivity contribution in [3.05, 3.63) is 0 Å².